The summed E-state index contributed by atoms with van der Waals surface area (Å²) in [5, 5.41) is 22.2. The van der Waals surface area contributed by atoms with Crippen LogP contribution in [0.4, 0.5) is 11.6 Å². The maximum Gasteiger partial charge on any atom is 0.336 e. The molecule has 29 heavy (non-hydrogen) atoms. The van der Waals surface area contributed by atoms with Crippen LogP contribution in [0.15, 0.2) is 57.7 Å². The maximum absolute atomic E-state index is 11.6. The maximum atomic E-state index is 11.6. The van der Waals surface area contributed by atoms with E-state index < -0.39 is 10.5 Å². The quantitative estimate of drug-likeness (QED) is 0.307. The molecule has 4 aromatic rings. The number of nitro benzene ring substituents is 1. The van der Waals surface area contributed by atoms with Gasteiger partial charge in [-0.3, -0.25) is 10.1 Å². The number of nitrogens with zero attached hydrogens (tertiary/aromatic N) is 3. The first-order valence-corrected chi connectivity index (χ1v) is 8.49. The molecule has 3 N–H and O–H groups in total. The van der Waals surface area contributed by atoms with E-state index in [4.69, 9.17) is 10.2 Å². The number of aromatic hydroxyl groups is 1. The minimum absolute atomic E-state index is 0.0557. The molecule has 0 aliphatic rings. The Morgan fingerprint density at radius 1 is 1.10 bits per heavy atom. The van der Waals surface area contributed by atoms with E-state index >= 15 is 0 Å². The molecule has 2 aromatic carbocycles. The summed E-state index contributed by atoms with van der Waals surface area (Å²) in [4.78, 5) is 30.4. The highest BCUT2D eigenvalue weighted by Gasteiger charge is 2.16. The third-order valence-corrected chi connectivity index (χ3v) is 4.45. The summed E-state index contributed by atoms with van der Waals surface area (Å²) in [6.45, 7) is 1.69. The van der Waals surface area contributed by atoms with Crippen molar-refractivity contribution in [1.29, 1.82) is 0 Å². The highest BCUT2D eigenvalue weighted by molar-refractivity contribution is 5.93. The molecular weight excluding hydrogens is 376 g/mol. The Morgan fingerprint density at radius 2 is 1.86 bits per heavy atom. The third-order valence-electron chi connectivity index (χ3n) is 4.45. The van der Waals surface area contributed by atoms with Crippen molar-refractivity contribution in [3.8, 4) is 28.3 Å². The second-order valence-corrected chi connectivity index (χ2v) is 6.39. The number of aryl methyl sites for hydroxylation is 1. The van der Waals surface area contributed by atoms with Crippen molar-refractivity contribution in [3.63, 3.8) is 0 Å². The number of non-ortho nitro benzene ring substituents is 1. The number of nitrogens with two attached hydrogens (primary N) is 1. The van der Waals surface area contributed by atoms with E-state index in [2.05, 4.69) is 9.97 Å². The van der Waals surface area contributed by atoms with E-state index in [0.717, 1.165) is 0 Å². The molecule has 9 nitrogen and oxygen atoms in total. The first kappa shape index (κ1) is 18.1. The number of hydrogen-bond donors (Lipinski definition) is 2. The molecule has 0 radical (unpaired) electrons. The molecule has 2 aromatic heterocycles. The number of anilines is 1. The second kappa shape index (κ2) is 6.71. The zero-order valence-electron chi connectivity index (χ0n) is 15.1. The molecular formula is C20H14N4O5. The lowest BCUT2D eigenvalue weighted by Crippen LogP contribution is -2.00. The molecule has 9 heteroatoms. The first-order valence-electron chi connectivity index (χ1n) is 8.49. The second-order valence-electron chi connectivity index (χ2n) is 6.39. The van der Waals surface area contributed by atoms with Gasteiger partial charge in [0.05, 0.1) is 21.7 Å². The van der Waals surface area contributed by atoms with Gasteiger partial charge in [-0.2, -0.15) is 0 Å². The van der Waals surface area contributed by atoms with Crippen LogP contribution in [0.25, 0.3) is 33.5 Å². The molecule has 0 spiro atoms. The van der Waals surface area contributed by atoms with Crippen molar-refractivity contribution in [2.45, 2.75) is 6.92 Å². The van der Waals surface area contributed by atoms with Crippen LogP contribution in [0.1, 0.15) is 5.56 Å². The molecule has 0 aliphatic heterocycles. The van der Waals surface area contributed by atoms with Gasteiger partial charge in [0, 0.05) is 29.3 Å². The number of phenols is 1. The number of hydrogen-bond acceptors (Lipinski definition) is 8. The standard InChI is InChI=1S/C20H14N4O5/c1-10-7-17(25)29-16-6-5-13(19(26)18(10)16)15-9-14(22-20(21)23-15)11-3-2-4-12(8-11)24(27)28/h2-9,26H,1H3,(H2,21,22,23). The lowest BCUT2D eigenvalue weighted by molar-refractivity contribution is -0.384. The predicted octanol–water partition coefficient (Wildman–Crippen LogP) is 3.42. The van der Waals surface area contributed by atoms with Gasteiger partial charge in [0.1, 0.15) is 11.3 Å². The summed E-state index contributed by atoms with van der Waals surface area (Å²) in [7, 11) is 0. The van der Waals surface area contributed by atoms with Crippen molar-refractivity contribution in [3.05, 3.63) is 74.6 Å². The lowest BCUT2D eigenvalue weighted by Gasteiger charge is -2.10. The van der Waals surface area contributed by atoms with Crippen molar-refractivity contribution in [2.75, 3.05) is 5.73 Å². The van der Waals surface area contributed by atoms with Crippen LogP contribution >= 0.6 is 0 Å². The highest BCUT2D eigenvalue weighted by atomic mass is 16.6. The number of aromatic nitrogens is 2. The predicted molar refractivity (Wildman–Crippen MR) is 106 cm³/mol. The van der Waals surface area contributed by atoms with E-state index in [1.54, 1.807) is 37.3 Å². The monoisotopic (exact) mass is 390 g/mol. The Kier molecular flexibility index (Phi) is 4.19. The smallest absolute Gasteiger partial charge is 0.336 e. The highest BCUT2D eigenvalue weighted by Crippen LogP contribution is 2.37. The van der Waals surface area contributed by atoms with E-state index in [1.165, 1.54) is 18.2 Å². The molecule has 0 saturated heterocycles. The fourth-order valence-corrected chi connectivity index (χ4v) is 3.16. The van der Waals surface area contributed by atoms with Crippen LogP contribution in [0, 0.1) is 17.0 Å². The molecule has 144 valence electrons. The van der Waals surface area contributed by atoms with Gasteiger partial charge in [-0.15, -0.1) is 0 Å². The number of rotatable bonds is 3. The largest absolute Gasteiger partial charge is 0.506 e. The van der Waals surface area contributed by atoms with Crippen molar-refractivity contribution in [1.82, 2.24) is 9.97 Å². The first-order chi connectivity index (χ1) is 13.8. The number of fused-ring (bicyclic) bond motifs is 1. The summed E-state index contributed by atoms with van der Waals surface area (Å²) in [6.07, 6.45) is 0. The van der Waals surface area contributed by atoms with Crippen LogP contribution in [0.2, 0.25) is 0 Å². The van der Waals surface area contributed by atoms with Gasteiger partial charge in [0.2, 0.25) is 5.95 Å². The molecule has 0 amide bonds. The Labute approximate surface area is 163 Å². The van der Waals surface area contributed by atoms with Crippen LogP contribution in [-0.4, -0.2) is 20.0 Å². The fraction of sp³-hybridized carbons (Fsp3) is 0.0500. The molecule has 0 bridgehead atoms. The van der Waals surface area contributed by atoms with Crippen LogP contribution in [0.3, 0.4) is 0 Å². The van der Waals surface area contributed by atoms with Crippen molar-refractivity contribution >= 4 is 22.6 Å². The Bertz CT molecular complexity index is 1350. The van der Waals surface area contributed by atoms with Crippen LogP contribution in [0.5, 0.6) is 5.75 Å². The third kappa shape index (κ3) is 3.25. The number of phenolic OH excluding ortho intramolecular Hbond substituents is 1. The van der Waals surface area contributed by atoms with Gasteiger partial charge in [-0.05, 0) is 30.7 Å². The molecule has 0 fully saturated rings. The topological polar surface area (TPSA) is 145 Å². The molecule has 2 heterocycles. The van der Waals surface area contributed by atoms with Gasteiger partial charge < -0.3 is 15.3 Å². The summed E-state index contributed by atoms with van der Waals surface area (Å²) in [5.74, 6) is -0.174. The molecule has 0 unspecified atom stereocenters. The zero-order valence-corrected chi connectivity index (χ0v) is 15.1. The van der Waals surface area contributed by atoms with E-state index in [1.807, 2.05) is 0 Å². The SMILES string of the molecule is Cc1cc(=O)oc2ccc(-c3cc(-c4cccc([N+](=O)[O-])c4)nc(N)n3)c(O)c12. The fourth-order valence-electron chi connectivity index (χ4n) is 3.16. The number of nitro groups is 1. The summed E-state index contributed by atoms with van der Waals surface area (Å²) in [5.41, 5.74) is 7.58. The van der Waals surface area contributed by atoms with Gasteiger partial charge in [-0.25, -0.2) is 14.8 Å². The van der Waals surface area contributed by atoms with Gasteiger partial charge >= 0.3 is 5.63 Å². The van der Waals surface area contributed by atoms with Crippen LogP contribution < -0.4 is 11.4 Å². The lowest BCUT2D eigenvalue weighted by atomic mass is 10.0. The average molecular weight is 390 g/mol. The average Bonchev–Trinajstić information content (AvgIpc) is 2.67. The molecule has 0 saturated carbocycles. The zero-order chi connectivity index (χ0) is 20.7. The van der Waals surface area contributed by atoms with Gasteiger partial charge in [0.15, 0.2) is 0 Å². The minimum Gasteiger partial charge on any atom is -0.506 e. The summed E-state index contributed by atoms with van der Waals surface area (Å²) in [6, 6.07) is 11.9. The number of nitrogen functional groups attached to an aromatic ring is 1. The Morgan fingerprint density at radius 3 is 2.62 bits per heavy atom. The van der Waals surface area contributed by atoms with Crippen molar-refractivity contribution in [2.24, 2.45) is 0 Å². The van der Waals surface area contributed by atoms with E-state index in [-0.39, 0.29) is 23.0 Å². The van der Waals surface area contributed by atoms with E-state index in [9.17, 15) is 20.0 Å². The van der Waals surface area contributed by atoms with Gasteiger partial charge in [0.25, 0.3) is 5.69 Å². The molecule has 4 rings (SSSR count). The molecule has 0 atom stereocenters. The minimum atomic E-state index is -0.513. The van der Waals surface area contributed by atoms with Gasteiger partial charge in [-0.1, -0.05) is 12.1 Å². The van der Waals surface area contributed by atoms with E-state index in [0.29, 0.717) is 33.5 Å². The van der Waals surface area contributed by atoms with Crippen molar-refractivity contribution < 1.29 is 14.4 Å². The molecule has 0 aliphatic carbocycles. The van der Waals surface area contributed by atoms with Crippen LogP contribution in [-0.2, 0) is 0 Å². The Balaban J connectivity index is 1.91. The number of benzene rings is 2. The Hall–Kier alpha value is -4.27. The summed E-state index contributed by atoms with van der Waals surface area (Å²) < 4.78 is 5.13. The summed E-state index contributed by atoms with van der Waals surface area (Å²) >= 11 is 0. The normalized spacial score (nSPS) is 10.9.